The van der Waals surface area contributed by atoms with Gasteiger partial charge < -0.3 is 20.4 Å². The number of carboxylic acids is 4. The largest absolute Gasteiger partial charge is 0.480 e. The molecule has 0 aromatic heterocycles. The molecule has 0 aliphatic rings. The first-order valence-electron chi connectivity index (χ1n) is 5.52. The molecule has 11 heteroatoms. The molecule has 21 heavy (non-hydrogen) atoms. The van der Waals surface area contributed by atoms with Crippen LogP contribution < -0.4 is 0 Å². The predicted octanol–water partition coefficient (Wildman–Crippen LogP) is -2.07. The number of hydrogen-bond acceptors (Lipinski definition) is 6. The van der Waals surface area contributed by atoms with E-state index in [-0.39, 0.29) is 53.0 Å². The molecule has 0 aliphatic heterocycles. The maximum Gasteiger partial charge on any atom is 0.317 e. The van der Waals surface area contributed by atoms with Crippen molar-refractivity contribution < 1.29 is 79.5 Å². The molecule has 122 valence electrons. The van der Waals surface area contributed by atoms with Crippen LogP contribution in [0.15, 0.2) is 0 Å². The average molecular weight is 449 g/mol. The van der Waals surface area contributed by atoms with Gasteiger partial charge in [0.2, 0.25) is 0 Å². The van der Waals surface area contributed by atoms with Crippen LogP contribution >= 0.6 is 0 Å². The van der Waals surface area contributed by atoms with Crippen molar-refractivity contribution in [3.63, 3.8) is 0 Å². The van der Waals surface area contributed by atoms with Crippen LogP contribution in [0, 0.1) is 39.9 Å². The molecule has 4 N–H and O–H groups in total. The van der Waals surface area contributed by atoms with E-state index in [2.05, 4.69) is 0 Å². The maximum absolute atomic E-state index is 10.6. The van der Waals surface area contributed by atoms with E-state index in [1.165, 1.54) is 0 Å². The van der Waals surface area contributed by atoms with Crippen LogP contribution in [0.4, 0.5) is 0 Å². The Morgan fingerprint density at radius 2 is 0.762 bits per heavy atom. The van der Waals surface area contributed by atoms with Crippen LogP contribution in [-0.2, 0) is 19.2 Å². The molecule has 0 amide bonds. The summed E-state index contributed by atoms with van der Waals surface area (Å²) in [6.07, 6.45) is 0. The van der Waals surface area contributed by atoms with E-state index >= 15 is 0 Å². The fourth-order valence-electron chi connectivity index (χ4n) is 1.48. The van der Waals surface area contributed by atoms with Crippen molar-refractivity contribution in [1.82, 2.24) is 9.80 Å². The summed E-state index contributed by atoms with van der Waals surface area (Å²) in [5.41, 5.74) is 0. The van der Waals surface area contributed by atoms with Crippen molar-refractivity contribution in [3.8, 4) is 0 Å². The number of carbonyl (C=O) groups is 4. The average Bonchev–Trinajstić information content (AvgIpc) is 2.22. The summed E-state index contributed by atoms with van der Waals surface area (Å²) in [5.74, 6) is -4.91. The zero-order chi connectivity index (χ0) is 15.7. The molecule has 0 aromatic carbocycles. The summed E-state index contributed by atoms with van der Waals surface area (Å²) in [6.45, 7) is -2.25. The van der Waals surface area contributed by atoms with E-state index < -0.39 is 50.1 Å². The number of rotatable bonds is 11. The quantitative estimate of drug-likeness (QED) is 0.276. The minimum Gasteiger partial charge on any atom is -0.480 e. The van der Waals surface area contributed by atoms with E-state index in [9.17, 15) is 19.2 Å². The molecule has 0 saturated heterocycles. The van der Waals surface area contributed by atoms with Crippen molar-refractivity contribution >= 4 is 23.9 Å². The minimum absolute atomic E-state index is 0. The van der Waals surface area contributed by atoms with Gasteiger partial charge in [0.05, 0.1) is 26.2 Å². The first kappa shape index (κ1) is 22.4. The topological polar surface area (TPSA) is 156 Å². The van der Waals surface area contributed by atoms with Crippen LogP contribution in [0.5, 0.6) is 0 Å². The Labute approximate surface area is 152 Å². The smallest absolute Gasteiger partial charge is 0.317 e. The van der Waals surface area contributed by atoms with E-state index in [0.717, 1.165) is 9.80 Å². The molecule has 0 unspecified atom stereocenters. The van der Waals surface area contributed by atoms with Gasteiger partial charge in [-0.2, -0.15) is 0 Å². The van der Waals surface area contributed by atoms with Gasteiger partial charge in [-0.05, 0) is 0 Å². The van der Waals surface area contributed by atoms with Crippen LogP contribution in [0.3, 0.4) is 0 Å². The van der Waals surface area contributed by atoms with Crippen molar-refractivity contribution in [3.05, 3.63) is 0 Å². The molecule has 10 nitrogen and oxygen atoms in total. The second kappa shape index (κ2) is 11.7. The Morgan fingerprint density at radius 3 is 0.905 bits per heavy atom. The monoisotopic (exact) mass is 450 g/mol. The summed E-state index contributed by atoms with van der Waals surface area (Å²) < 4.78 is 0. The summed E-state index contributed by atoms with van der Waals surface area (Å²) >= 11 is 0. The van der Waals surface area contributed by atoms with Crippen LogP contribution in [0.2, 0.25) is 0 Å². The van der Waals surface area contributed by atoms with Crippen LogP contribution in [0.1, 0.15) is 0 Å². The molecule has 0 aliphatic carbocycles. The van der Waals surface area contributed by atoms with E-state index in [0.29, 0.717) is 0 Å². The molecule has 0 radical (unpaired) electrons. The number of carboxylic acid groups (broad SMARTS) is 4. The normalized spacial score (nSPS) is 10.2. The van der Waals surface area contributed by atoms with Gasteiger partial charge in [-0.1, -0.05) is 0 Å². The van der Waals surface area contributed by atoms with Crippen molar-refractivity contribution in [2.45, 2.75) is 0 Å². The number of hydrogen-bond donors (Lipinski definition) is 4. The standard InChI is InChI=1S/C10H16N2O8.Gd/c13-7(14)3-11(4-8(15)16)1-2-12(5-9(17)18)6-10(19)20;/h1-6H2,(H,13,14)(H,15,16)(H,17,18)(H,19,20);. The Bertz CT molecular complexity index is 321. The van der Waals surface area contributed by atoms with Gasteiger partial charge in [0.1, 0.15) is 0 Å². The maximum atomic E-state index is 10.6. The van der Waals surface area contributed by atoms with Gasteiger partial charge in [-0.25, -0.2) is 0 Å². The Morgan fingerprint density at radius 1 is 0.571 bits per heavy atom. The van der Waals surface area contributed by atoms with Crippen molar-refractivity contribution in [2.24, 2.45) is 0 Å². The summed E-state index contributed by atoms with van der Waals surface area (Å²) in [6, 6.07) is 0. The van der Waals surface area contributed by atoms with Gasteiger partial charge in [-0.3, -0.25) is 29.0 Å². The molecular formula is C10H16GdN2O8. The number of nitrogens with zero attached hydrogens (tertiary/aromatic N) is 2. The number of aliphatic carboxylic acids is 4. The second-order valence-electron chi connectivity index (χ2n) is 4.00. The fraction of sp³-hybridized carbons (Fsp3) is 0.600. The SMILES string of the molecule is O=C(O)CN(CCN(CC(=O)O)CC(=O)O)CC(=O)O.[Gd]. The summed E-state index contributed by atoms with van der Waals surface area (Å²) in [7, 11) is 0. The minimum atomic E-state index is -1.23. The zero-order valence-corrected chi connectivity index (χ0v) is 13.2. The molecule has 0 saturated carbocycles. The molecule has 0 fully saturated rings. The molecule has 0 rings (SSSR count). The predicted molar refractivity (Wildman–Crippen MR) is 63.4 cm³/mol. The molecule has 0 heterocycles. The van der Waals surface area contributed by atoms with E-state index in [1.54, 1.807) is 0 Å². The van der Waals surface area contributed by atoms with E-state index in [4.69, 9.17) is 20.4 Å². The van der Waals surface area contributed by atoms with Gasteiger partial charge in [0, 0.05) is 53.0 Å². The fourth-order valence-corrected chi connectivity index (χ4v) is 1.48. The third kappa shape index (κ3) is 13.8. The Balaban J connectivity index is 0. The van der Waals surface area contributed by atoms with Gasteiger partial charge in [0.25, 0.3) is 0 Å². The van der Waals surface area contributed by atoms with Crippen LogP contribution in [-0.4, -0.2) is 93.4 Å². The first-order chi connectivity index (χ1) is 9.20. The molecule has 0 spiro atoms. The van der Waals surface area contributed by atoms with Crippen molar-refractivity contribution in [1.29, 1.82) is 0 Å². The third-order valence-corrected chi connectivity index (χ3v) is 2.17. The van der Waals surface area contributed by atoms with Crippen molar-refractivity contribution in [2.75, 3.05) is 39.3 Å². The zero-order valence-electron chi connectivity index (χ0n) is 10.9. The Kier molecular flexibility index (Phi) is 12.5. The third-order valence-electron chi connectivity index (χ3n) is 2.17. The Hall–Kier alpha value is -0.875. The van der Waals surface area contributed by atoms with Gasteiger partial charge in [0.15, 0.2) is 0 Å². The summed E-state index contributed by atoms with van der Waals surface area (Å²) in [4.78, 5) is 44.4. The van der Waals surface area contributed by atoms with E-state index in [1.807, 2.05) is 0 Å². The molecule has 0 aromatic rings. The van der Waals surface area contributed by atoms with Crippen LogP contribution in [0.25, 0.3) is 0 Å². The van der Waals surface area contributed by atoms with Gasteiger partial charge >= 0.3 is 23.9 Å². The molecular weight excluding hydrogens is 433 g/mol. The molecule has 0 bridgehead atoms. The van der Waals surface area contributed by atoms with Gasteiger partial charge in [-0.15, -0.1) is 0 Å². The summed E-state index contributed by atoms with van der Waals surface area (Å²) in [5, 5.41) is 34.5. The second-order valence-corrected chi connectivity index (χ2v) is 4.00. The first-order valence-corrected chi connectivity index (χ1v) is 5.52. The molecule has 0 atom stereocenters.